The van der Waals surface area contributed by atoms with Gasteiger partial charge in [-0.2, -0.15) is 0 Å². The van der Waals surface area contributed by atoms with Crippen LogP contribution in [0.3, 0.4) is 0 Å². The molecule has 0 saturated heterocycles. The lowest BCUT2D eigenvalue weighted by molar-refractivity contribution is -0.153. The molecule has 1 aromatic rings. The molecule has 0 fully saturated rings. The number of nitrogens with zero attached hydrogens (tertiary/aromatic N) is 1. The minimum absolute atomic E-state index is 0.153. The van der Waals surface area contributed by atoms with Gasteiger partial charge in [-0.1, -0.05) is 20.8 Å². The lowest BCUT2D eigenvalue weighted by atomic mass is 9.92. The van der Waals surface area contributed by atoms with Crippen molar-refractivity contribution in [3.05, 3.63) is 23.3 Å². The number of benzene rings is 1. The maximum Gasteiger partial charge on any atom is 0.306 e. The van der Waals surface area contributed by atoms with Crippen LogP contribution < -0.4 is 9.47 Å². The van der Waals surface area contributed by atoms with Crippen LogP contribution in [0.1, 0.15) is 38.3 Å². The van der Waals surface area contributed by atoms with Crippen molar-refractivity contribution in [1.29, 1.82) is 0 Å². The fraction of sp³-hybridized carbons (Fsp3) is 0.579. The highest BCUT2D eigenvalue weighted by Gasteiger charge is 2.24. The van der Waals surface area contributed by atoms with Crippen molar-refractivity contribution in [1.82, 2.24) is 4.90 Å². The summed E-state index contributed by atoms with van der Waals surface area (Å²) >= 11 is 0. The van der Waals surface area contributed by atoms with E-state index >= 15 is 0 Å². The summed E-state index contributed by atoms with van der Waals surface area (Å²) in [5, 5.41) is 0. The number of ether oxygens (including phenoxy) is 3. The molecule has 1 aliphatic heterocycles. The zero-order valence-electron chi connectivity index (χ0n) is 15.7. The molecule has 138 valence electrons. The Morgan fingerprint density at radius 3 is 2.24 bits per heavy atom. The van der Waals surface area contributed by atoms with Crippen LogP contribution in [0.15, 0.2) is 12.1 Å². The molecule has 0 saturated carbocycles. The SMILES string of the molecule is COc1cc2c(cc1OC)CN(C(=O)COC(=O)CC(C)(C)C)CC2. The molecule has 0 spiro atoms. The van der Waals surface area contributed by atoms with Crippen molar-refractivity contribution < 1.29 is 23.8 Å². The molecule has 0 unspecified atom stereocenters. The van der Waals surface area contributed by atoms with Gasteiger partial charge in [0, 0.05) is 13.1 Å². The van der Waals surface area contributed by atoms with Crippen LogP contribution in [0, 0.1) is 5.41 Å². The van der Waals surface area contributed by atoms with Gasteiger partial charge in [-0.25, -0.2) is 0 Å². The highest BCUT2D eigenvalue weighted by molar-refractivity contribution is 5.81. The molecule has 6 nitrogen and oxygen atoms in total. The third kappa shape index (κ3) is 5.11. The van der Waals surface area contributed by atoms with E-state index in [1.54, 1.807) is 19.1 Å². The van der Waals surface area contributed by atoms with Gasteiger partial charge >= 0.3 is 5.97 Å². The average molecular weight is 349 g/mol. The number of fused-ring (bicyclic) bond motifs is 1. The highest BCUT2D eigenvalue weighted by Crippen LogP contribution is 2.33. The third-order valence-electron chi connectivity index (χ3n) is 4.10. The summed E-state index contributed by atoms with van der Waals surface area (Å²) in [6, 6.07) is 3.86. The van der Waals surface area contributed by atoms with E-state index in [4.69, 9.17) is 14.2 Å². The van der Waals surface area contributed by atoms with Gasteiger partial charge in [0.1, 0.15) is 0 Å². The number of hydrogen-bond acceptors (Lipinski definition) is 5. The van der Waals surface area contributed by atoms with Crippen LogP contribution in [0.5, 0.6) is 11.5 Å². The number of rotatable bonds is 5. The van der Waals surface area contributed by atoms with E-state index in [0.717, 1.165) is 17.5 Å². The van der Waals surface area contributed by atoms with E-state index in [-0.39, 0.29) is 23.9 Å². The molecule has 1 aliphatic rings. The molecule has 1 aromatic carbocycles. The van der Waals surface area contributed by atoms with Crippen molar-refractivity contribution in [2.75, 3.05) is 27.4 Å². The van der Waals surface area contributed by atoms with Gasteiger partial charge in [-0.05, 0) is 35.1 Å². The molecule has 0 bridgehead atoms. The molecular formula is C19H27NO5. The Hall–Kier alpha value is -2.24. The first-order chi connectivity index (χ1) is 11.7. The summed E-state index contributed by atoms with van der Waals surface area (Å²) in [6.45, 7) is 6.74. The number of carbonyl (C=O) groups excluding carboxylic acids is 2. The van der Waals surface area contributed by atoms with Crippen LogP contribution in [-0.4, -0.2) is 44.1 Å². The summed E-state index contributed by atoms with van der Waals surface area (Å²) in [4.78, 5) is 25.8. The molecule has 2 rings (SSSR count). The number of amides is 1. The molecule has 25 heavy (non-hydrogen) atoms. The third-order valence-corrected chi connectivity index (χ3v) is 4.10. The van der Waals surface area contributed by atoms with Gasteiger partial charge in [0.25, 0.3) is 5.91 Å². The molecular weight excluding hydrogens is 322 g/mol. The number of esters is 1. The number of carbonyl (C=O) groups is 2. The molecule has 0 aromatic heterocycles. The zero-order chi connectivity index (χ0) is 18.6. The zero-order valence-corrected chi connectivity index (χ0v) is 15.7. The van der Waals surface area contributed by atoms with E-state index in [1.807, 2.05) is 32.9 Å². The lowest BCUT2D eigenvalue weighted by Crippen LogP contribution is -2.38. The van der Waals surface area contributed by atoms with E-state index in [2.05, 4.69) is 0 Å². The first kappa shape index (κ1) is 19.1. The maximum absolute atomic E-state index is 12.3. The fourth-order valence-corrected chi connectivity index (χ4v) is 2.81. The molecule has 0 atom stereocenters. The van der Waals surface area contributed by atoms with E-state index in [1.165, 1.54) is 0 Å². The molecule has 0 aliphatic carbocycles. The summed E-state index contributed by atoms with van der Waals surface area (Å²) < 4.78 is 15.8. The Balaban J connectivity index is 1.97. The first-order valence-corrected chi connectivity index (χ1v) is 8.40. The average Bonchev–Trinajstić information content (AvgIpc) is 2.56. The van der Waals surface area contributed by atoms with Crippen LogP contribution in [0.2, 0.25) is 0 Å². The summed E-state index contributed by atoms with van der Waals surface area (Å²) in [7, 11) is 3.19. The lowest BCUT2D eigenvalue weighted by Gasteiger charge is -2.29. The molecule has 0 radical (unpaired) electrons. The van der Waals surface area contributed by atoms with Crippen molar-refractivity contribution in [2.24, 2.45) is 5.41 Å². The smallest absolute Gasteiger partial charge is 0.306 e. The minimum atomic E-state index is -0.343. The van der Waals surface area contributed by atoms with Gasteiger partial charge in [0.15, 0.2) is 18.1 Å². The number of hydrogen-bond donors (Lipinski definition) is 0. The quantitative estimate of drug-likeness (QED) is 0.765. The second-order valence-corrected chi connectivity index (χ2v) is 7.44. The molecule has 1 heterocycles. The Labute approximate surface area is 149 Å². The monoisotopic (exact) mass is 349 g/mol. The molecule has 6 heteroatoms. The van der Waals surface area contributed by atoms with Crippen LogP contribution in [0.25, 0.3) is 0 Å². The predicted molar refractivity (Wildman–Crippen MR) is 93.7 cm³/mol. The van der Waals surface area contributed by atoms with Gasteiger partial charge in [0.05, 0.1) is 20.6 Å². The Kier molecular flexibility index (Phi) is 5.93. The van der Waals surface area contributed by atoms with Gasteiger partial charge < -0.3 is 19.1 Å². The molecule has 1 amide bonds. The standard InChI is InChI=1S/C19H27NO5/c1-19(2,3)10-18(22)25-12-17(21)20-7-6-13-8-15(23-4)16(24-5)9-14(13)11-20/h8-9H,6-7,10-12H2,1-5H3. The second kappa shape index (κ2) is 7.76. The Morgan fingerprint density at radius 1 is 1.08 bits per heavy atom. The van der Waals surface area contributed by atoms with Crippen molar-refractivity contribution >= 4 is 11.9 Å². The van der Waals surface area contributed by atoms with Crippen LogP contribution in [0.4, 0.5) is 0 Å². The summed E-state index contributed by atoms with van der Waals surface area (Å²) in [5.41, 5.74) is 2.02. The van der Waals surface area contributed by atoms with Gasteiger partial charge in [-0.15, -0.1) is 0 Å². The van der Waals surface area contributed by atoms with Gasteiger partial charge in [-0.3, -0.25) is 9.59 Å². The highest BCUT2D eigenvalue weighted by atomic mass is 16.5. The normalized spacial score (nSPS) is 13.9. The largest absolute Gasteiger partial charge is 0.493 e. The van der Waals surface area contributed by atoms with Crippen molar-refractivity contribution in [2.45, 2.75) is 40.2 Å². The minimum Gasteiger partial charge on any atom is -0.493 e. The summed E-state index contributed by atoms with van der Waals surface area (Å²) in [6.07, 6.45) is 1.03. The first-order valence-electron chi connectivity index (χ1n) is 8.40. The maximum atomic E-state index is 12.3. The fourth-order valence-electron chi connectivity index (χ4n) is 2.81. The van der Waals surface area contributed by atoms with Crippen LogP contribution in [-0.2, 0) is 27.3 Å². The Bertz CT molecular complexity index is 648. The van der Waals surface area contributed by atoms with E-state index in [0.29, 0.717) is 31.0 Å². The predicted octanol–water partition coefficient (Wildman–Crippen LogP) is 2.57. The molecule has 0 N–H and O–H groups in total. The number of methoxy groups -OCH3 is 2. The Morgan fingerprint density at radius 2 is 1.68 bits per heavy atom. The van der Waals surface area contributed by atoms with Gasteiger partial charge in [0.2, 0.25) is 0 Å². The topological polar surface area (TPSA) is 65.1 Å². The van der Waals surface area contributed by atoms with Crippen molar-refractivity contribution in [3.63, 3.8) is 0 Å². The van der Waals surface area contributed by atoms with Crippen LogP contribution >= 0.6 is 0 Å². The van der Waals surface area contributed by atoms with Crippen molar-refractivity contribution in [3.8, 4) is 11.5 Å². The summed E-state index contributed by atoms with van der Waals surface area (Å²) in [5.74, 6) is 0.816. The van der Waals surface area contributed by atoms with E-state index in [9.17, 15) is 9.59 Å². The second-order valence-electron chi connectivity index (χ2n) is 7.44. The van der Waals surface area contributed by atoms with E-state index < -0.39 is 0 Å².